The highest BCUT2D eigenvalue weighted by Crippen LogP contribution is 2.44. The van der Waals surface area contributed by atoms with Crippen molar-refractivity contribution in [2.75, 3.05) is 6.61 Å². The minimum atomic E-state index is -0.116. The van der Waals surface area contributed by atoms with Gasteiger partial charge in [0, 0.05) is 5.56 Å². The van der Waals surface area contributed by atoms with E-state index in [1.165, 1.54) is 82.6 Å². The Hall–Kier alpha value is -1.15. The van der Waals surface area contributed by atoms with Gasteiger partial charge in [0.15, 0.2) is 0 Å². The maximum Gasteiger partial charge on any atom is 0.129 e. The fourth-order valence-corrected chi connectivity index (χ4v) is 5.74. The molecule has 0 spiro atoms. The van der Waals surface area contributed by atoms with Crippen LogP contribution in [0.3, 0.4) is 0 Å². The smallest absolute Gasteiger partial charge is 0.129 e. The maximum atomic E-state index is 14.4. The Balaban J connectivity index is 1.42. The standard InChI is InChI=1S/C27H41FO/c1-3-5-6-7-21-8-10-22(11-9-21)23-12-14-24(15-13-23)25-16-17-26(27(28)19-25)20-29-18-4-2/h4,16-17,19,21-24H,2-3,5-15,18,20H2,1H3/t21-,22-,23-,24-. The van der Waals surface area contributed by atoms with Crippen molar-refractivity contribution in [3.8, 4) is 0 Å². The first-order valence-electron chi connectivity index (χ1n) is 12.2. The highest BCUT2D eigenvalue weighted by Gasteiger charge is 2.31. The number of rotatable bonds is 10. The van der Waals surface area contributed by atoms with E-state index >= 15 is 0 Å². The molecular weight excluding hydrogens is 359 g/mol. The van der Waals surface area contributed by atoms with Crippen LogP contribution in [0.1, 0.15) is 101 Å². The third-order valence-corrected chi connectivity index (χ3v) is 7.59. The van der Waals surface area contributed by atoms with Crippen molar-refractivity contribution in [1.29, 1.82) is 0 Å². The van der Waals surface area contributed by atoms with E-state index in [-0.39, 0.29) is 5.82 Å². The molecule has 0 N–H and O–H groups in total. The Morgan fingerprint density at radius 1 is 1.00 bits per heavy atom. The monoisotopic (exact) mass is 400 g/mol. The van der Waals surface area contributed by atoms with E-state index < -0.39 is 0 Å². The van der Waals surface area contributed by atoms with E-state index in [2.05, 4.69) is 19.6 Å². The van der Waals surface area contributed by atoms with Crippen molar-refractivity contribution in [3.05, 3.63) is 47.8 Å². The molecule has 0 aromatic heterocycles. The number of halogens is 1. The molecule has 0 atom stereocenters. The normalized spacial score (nSPS) is 27.7. The fourth-order valence-electron chi connectivity index (χ4n) is 5.74. The summed E-state index contributed by atoms with van der Waals surface area (Å²) in [5.41, 5.74) is 1.84. The van der Waals surface area contributed by atoms with Crippen LogP contribution in [0, 0.1) is 23.6 Å². The molecule has 0 heterocycles. The van der Waals surface area contributed by atoms with Crippen LogP contribution in [0.2, 0.25) is 0 Å². The van der Waals surface area contributed by atoms with Crippen molar-refractivity contribution in [2.45, 2.75) is 96.5 Å². The number of hydrogen-bond donors (Lipinski definition) is 0. The maximum absolute atomic E-state index is 14.4. The minimum Gasteiger partial charge on any atom is -0.373 e. The first-order valence-corrected chi connectivity index (χ1v) is 12.2. The van der Waals surface area contributed by atoms with Gasteiger partial charge in [0.25, 0.3) is 0 Å². The molecule has 1 nitrogen and oxygen atoms in total. The zero-order chi connectivity index (χ0) is 20.5. The summed E-state index contributed by atoms with van der Waals surface area (Å²) in [5.74, 6) is 3.30. The molecule has 2 aliphatic carbocycles. The summed E-state index contributed by atoms with van der Waals surface area (Å²) in [5, 5.41) is 0. The Morgan fingerprint density at radius 3 is 2.31 bits per heavy atom. The molecule has 1 aromatic rings. The van der Waals surface area contributed by atoms with Gasteiger partial charge in [-0.05, 0) is 73.8 Å². The van der Waals surface area contributed by atoms with E-state index in [4.69, 9.17) is 4.74 Å². The highest BCUT2D eigenvalue weighted by atomic mass is 19.1. The average Bonchev–Trinajstić information content (AvgIpc) is 2.76. The van der Waals surface area contributed by atoms with Gasteiger partial charge in [-0.25, -0.2) is 4.39 Å². The van der Waals surface area contributed by atoms with Crippen LogP contribution in [-0.2, 0) is 11.3 Å². The van der Waals surface area contributed by atoms with Gasteiger partial charge in [-0.2, -0.15) is 0 Å². The first-order chi connectivity index (χ1) is 14.2. The van der Waals surface area contributed by atoms with Crippen LogP contribution in [0.15, 0.2) is 30.9 Å². The predicted octanol–water partition coefficient (Wildman–Crippen LogP) is 8.19. The Labute approximate surface area is 178 Å². The molecule has 0 radical (unpaired) electrons. The highest BCUT2D eigenvalue weighted by molar-refractivity contribution is 5.27. The van der Waals surface area contributed by atoms with Gasteiger partial charge in [0.05, 0.1) is 13.2 Å². The molecule has 0 bridgehead atoms. The molecule has 2 aliphatic rings. The van der Waals surface area contributed by atoms with Gasteiger partial charge in [-0.1, -0.05) is 63.7 Å². The lowest BCUT2D eigenvalue weighted by Gasteiger charge is -2.38. The van der Waals surface area contributed by atoms with Crippen molar-refractivity contribution >= 4 is 0 Å². The molecule has 162 valence electrons. The van der Waals surface area contributed by atoms with E-state index in [9.17, 15) is 4.39 Å². The van der Waals surface area contributed by atoms with Gasteiger partial charge in [-0.15, -0.1) is 6.58 Å². The third kappa shape index (κ3) is 6.67. The van der Waals surface area contributed by atoms with Crippen LogP contribution in [-0.4, -0.2) is 6.61 Å². The van der Waals surface area contributed by atoms with Gasteiger partial charge < -0.3 is 4.74 Å². The van der Waals surface area contributed by atoms with Gasteiger partial charge in [-0.3, -0.25) is 0 Å². The fraction of sp³-hybridized carbons (Fsp3) is 0.704. The second kappa shape index (κ2) is 11.9. The lowest BCUT2D eigenvalue weighted by atomic mass is 9.68. The molecule has 29 heavy (non-hydrogen) atoms. The van der Waals surface area contributed by atoms with Crippen molar-refractivity contribution in [1.82, 2.24) is 0 Å². The molecule has 0 aliphatic heterocycles. The van der Waals surface area contributed by atoms with Crippen LogP contribution in [0.25, 0.3) is 0 Å². The Kier molecular flexibility index (Phi) is 9.24. The van der Waals surface area contributed by atoms with E-state index in [0.29, 0.717) is 24.7 Å². The Bertz CT molecular complexity index is 609. The molecule has 0 amide bonds. The van der Waals surface area contributed by atoms with Crippen molar-refractivity contribution in [2.24, 2.45) is 17.8 Å². The van der Waals surface area contributed by atoms with Crippen LogP contribution < -0.4 is 0 Å². The zero-order valence-corrected chi connectivity index (χ0v) is 18.5. The van der Waals surface area contributed by atoms with Crippen LogP contribution in [0.4, 0.5) is 4.39 Å². The van der Waals surface area contributed by atoms with Crippen LogP contribution >= 0.6 is 0 Å². The lowest BCUT2D eigenvalue weighted by Crippen LogP contribution is -2.25. The topological polar surface area (TPSA) is 9.23 Å². The molecule has 0 saturated heterocycles. The molecule has 0 unspecified atom stereocenters. The summed E-state index contributed by atoms with van der Waals surface area (Å²) < 4.78 is 19.8. The van der Waals surface area contributed by atoms with E-state index in [0.717, 1.165) is 17.8 Å². The van der Waals surface area contributed by atoms with E-state index in [1.807, 2.05) is 6.07 Å². The van der Waals surface area contributed by atoms with Crippen molar-refractivity contribution < 1.29 is 9.13 Å². The number of benzene rings is 1. The largest absolute Gasteiger partial charge is 0.373 e. The average molecular weight is 401 g/mol. The SMILES string of the molecule is C=CCOCc1ccc([C@H]2CC[C@H]([C@H]3CC[C@H](CCCCC)CC3)CC2)cc1F. The molecule has 1 aromatic carbocycles. The summed E-state index contributed by atoms with van der Waals surface area (Å²) in [7, 11) is 0. The second-order valence-electron chi connectivity index (χ2n) is 9.54. The molecule has 2 fully saturated rings. The van der Waals surface area contributed by atoms with Gasteiger partial charge in [0.1, 0.15) is 5.82 Å². The second-order valence-corrected chi connectivity index (χ2v) is 9.54. The number of ether oxygens (including phenoxy) is 1. The zero-order valence-electron chi connectivity index (χ0n) is 18.5. The van der Waals surface area contributed by atoms with Gasteiger partial charge in [0.2, 0.25) is 0 Å². The minimum absolute atomic E-state index is 0.116. The molecule has 2 saturated carbocycles. The summed E-state index contributed by atoms with van der Waals surface area (Å²) in [6.07, 6.45) is 18.3. The quantitative estimate of drug-likeness (QED) is 0.284. The van der Waals surface area contributed by atoms with Crippen molar-refractivity contribution in [3.63, 3.8) is 0 Å². The third-order valence-electron chi connectivity index (χ3n) is 7.59. The summed E-state index contributed by atoms with van der Waals surface area (Å²) in [4.78, 5) is 0. The number of unbranched alkanes of at least 4 members (excludes halogenated alkanes) is 2. The Morgan fingerprint density at radius 2 is 1.69 bits per heavy atom. The molecule has 2 heteroatoms. The molecular formula is C27H41FO. The van der Waals surface area contributed by atoms with Crippen LogP contribution in [0.5, 0.6) is 0 Å². The summed E-state index contributed by atoms with van der Waals surface area (Å²) in [6.45, 7) is 6.72. The molecule has 3 rings (SSSR count). The summed E-state index contributed by atoms with van der Waals surface area (Å²) in [6, 6.07) is 5.81. The first kappa shape index (κ1) is 22.5. The predicted molar refractivity (Wildman–Crippen MR) is 121 cm³/mol. The lowest BCUT2D eigenvalue weighted by molar-refractivity contribution is 0.146. The van der Waals surface area contributed by atoms with E-state index in [1.54, 1.807) is 12.1 Å². The van der Waals surface area contributed by atoms with Gasteiger partial charge >= 0.3 is 0 Å². The summed E-state index contributed by atoms with van der Waals surface area (Å²) >= 11 is 0. The number of hydrogen-bond acceptors (Lipinski definition) is 1.